The number of amides is 3. The van der Waals surface area contributed by atoms with Gasteiger partial charge in [0.05, 0.1) is 13.5 Å². The third kappa shape index (κ3) is 5.77. The first kappa shape index (κ1) is 18.1. The number of rotatable bonds is 6. The smallest absolute Gasteiger partial charge is 0.321 e. The second kappa shape index (κ2) is 8.52. The van der Waals surface area contributed by atoms with Crippen molar-refractivity contribution in [3.05, 3.63) is 29.3 Å². The number of hydrogen-bond donors (Lipinski definition) is 2. The Hall–Kier alpha value is -2.90. The summed E-state index contributed by atoms with van der Waals surface area (Å²) in [6, 6.07) is 4.01. The van der Waals surface area contributed by atoms with Crippen molar-refractivity contribution in [1.82, 2.24) is 10.6 Å². The molecule has 8 nitrogen and oxygen atoms in total. The Labute approximate surface area is 133 Å². The van der Waals surface area contributed by atoms with Gasteiger partial charge in [0.25, 0.3) is 5.91 Å². The van der Waals surface area contributed by atoms with Gasteiger partial charge in [-0.2, -0.15) is 0 Å². The molecule has 0 radical (unpaired) electrons. The molecule has 23 heavy (non-hydrogen) atoms. The fourth-order valence-corrected chi connectivity index (χ4v) is 1.71. The zero-order valence-corrected chi connectivity index (χ0v) is 13.1. The molecular formula is C15H18N2O6. The predicted octanol–water partition coefficient (Wildman–Crippen LogP) is 0.439. The summed E-state index contributed by atoms with van der Waals surface area (Å²) in [5.74, 6) is -1.15. The number of nitrogens with one attached hydrogen (secondary N) is 2. The third-order valence-corrected chi connectivity index (χ3v) is 2.87. The fourth-order valence-electron chi connectivity index (χ4n) is 1.71. The highest BCUT2D eigenvalue weighted by Gasteiger charge is 2.14. The number of methoxy groups -OCH3 is 1. The molecule has 2 N–H and O–H groups in total. The number of ketones is 1. The van der Waals surface area contributed by atoms with Gasteiger partial charge in [-0.3, -0.25) is 19.7 Å². The molecule has 124 valence electrons. The Balaban J connectivity index is 2.66. The van der Waals surface area contributed by atoms with E-state index in [1.54, 1.807) is 12.1 Å². The highest BCUT2D eigenvalue weighted by Crippen LogP contribution is 2.21. The maximum absolute atomic E-state index is 11.8. The van der Waals surface area contributed by atoms with Gasteiger partial charge in [0.1, 0.15) is 5.75 Å². The van der Waals surface area contributed by atoms with Gasteiger partial charge in [-0.25, -0.2) is 4.79 Å². The molecule has 0 spiro atoms. The van der Waals surface area contributed by atoms with Crippen molar-refractivity contribution < 1.29 is 28.7 Å². The average molecular weight is 322 g/mol. The number of carbonyl (C=O) groups excluding carboxylic acids is 4. The summed E-state index contributed by atoms with van der Waals surface area (Å²) in [5.41, 5.74) is 0.905. The van der Waals surface area contributed by atoms with Crippen LogP contribution in [0.25, 0.3) is 0 Å². The quantitative estimate of drug-likeness (QED) is 0.581. The maximum atomic E-state index is 11.8. The summed E-state index contributed by atoms with van der Waals surface area (Å²) < 4.78 is 9.90. The monoisotopic (exact) mass is 322 g/mol. The highest BCUT2D eigenvalue weighted by molar-refractivity contribution is 5.96. The van der Waals surface area contributed by atoms with Crippen LogP contribution in [0.4, 0.5) is 4.79 Å². The summed E-state index contributed by atoms with van der Waals surface area (Å²) in [6.07, 6.45) is -0.169. The highest BCUT2D eigenvalue weighted by atomic mass is 16.5. The van der Waals surface area contributed by atoms with Gasteiger partial charge < -0.3 is 14.8 Å². The van der Waals surface area contributed by atoms with Crippen molar-refractivity contribution in [2.24, 2.45) is 0 Å². The van der Waals surface area contributed by atoms with E-state index < -0.39 is 24.5 Å². The molecule has 0 aliphatic rings. The summed E-state index contributed by atoms with van der Waals surface area (Å²) >= 11 is 0. The molecule has 1 rings (SSSR count). The van der Waals surface area contributed by atoms with E-state index in [2.05, 4.69) is 5.32 Å². The zero-order valence-electron chi connectivity index (χ0n) is 13.1. The van der Waals surface area contributed by atoms with Gasteiger partial charge >= 0.3 is 12.0 Å². The van der Waals surface area contributed by atoms with Crippen molar-refractivity contribution in [3.63, 3.8) is 0 Å². The molecule has 3 amide bonds. The number of benzene rings is 1. The summed E-state index contributed by atoms with van der Waals surface area (Å²) in [7, 11) is 2.79. The third-order valence-electron chi connectivity index (χ3n) is 2.87. The molecule has 1 aromatic rings. The second-order valence-electron chi connectivity index (χ2n) is 4.55. The van der Waals surface area contributed by atoms with E-state index in [1.165, 1.54) is 27.1 Å². The van der Waals surface area contributed by atoms with Crippen molar-refractivity contribution >= 4 is 23.7 Å². The van der Waals surface area contributed by atoms with Crippen LogP contribution >= 0.6 is 0 Å². The van der Waals surface area contributed by atoms with Crippen LogP contribution in [-0.4, -0.2) is 44.5 Å². The van der Waals surface area contributed by atoms with Crippen LogP contribution in [0.2, 0.25) is 0 Å². The maximum Gasteiger partial charge on any atom is 0.321 e. The molecule has 8 heteroatoms. The first-order chi connectivity index (χ1) is 10.9. The van der Waals surface area contributed by atoms with E-state index >= 15 is 0 Å². The van der Waals surface area contributed by atoms with Gasteiger partial charge in [-0.1, -0.05) is 0 Å². The molecule has 0 heterocycles. The van der Waals surface area contributed by atoms with Crippen molar-refractivity contribution in [3.8, 4) is 5.75 Å². The van der Waals surface area contributed by atoms with Gasteiger partial charge in [0, 0.05) is 18.2 Å². The zero-order chi connectivity index (χ0) is 17.4. The number of urea groups is 1. The number of ether oxygens (including phenoxy) is 2. The van der Waals surface area contributed by atoms with E-state index in [4.69, 9.17) is 9.47 Å². The number of hydrogen-bond acceptors (Lipinski definition) is 6. The Bertz CT molecular complexity index is 626. The van der Waals surface area contributed by atoms with Crippen molar-refractivity contribution in [1.29, 1.82) is 0 Å². The molecule has 1 aromatic carbocycles. The molecule has 0 aliphatic heterocycles. The van der Waals surface area contributed by atoms with Crippen molar-refractivity contribution in [2.45, 2.75) is 13.3 Å². The standard InChI is InChI=1S/C15H18N2O6/c1-9(18)10-4-5-12(22-3)11(6-10)7-14(20)23-8-13(19)17-15(21)16-2/h4-6H,7-8H2,1-3H3,(H2,16,17,19,21). The fraction of sp³-hybridized carbons (Fsp3) is 0.333. The minimum atomic E-state index is -0.748. The summed E-state index contributed by atoms with van der Waals surface area (Å²) in [6.45, 7) is 0.827. The SMILES string of the molecule is CNC(=O)NC(=O)COC(=O)Cc1cc(C(C)=O)ccc1OC. The summed E-state index contributed by atoms with van der Waals surface area (Å²) in [4.78, 5) is 45.4. The Kier molecular flexibility index (Phi) is 6.72. The minimum Gasteiger partial charge on any atom is -0.496 e. The first-order valence-electron chi connectivity index (χ1n) is 6.72. The molecular weight excluding hydrogens is 304 g/mol. The lowest BCUT2D eigenvalue weighted by atomic mass is 10.0. The number of carbonyl (C=O) groups is 4. The van der Waals surface area contributed by atoms with Crippen LogP contribution in [0.1, 0.15) is 22.8 Å². The minimum absolute atomic E-state index is 0.146. The van der Waals surface area contributed by atoms with E-state index in [0.717, 1.165) is 0 Å². The number of Topliss-reactive ketones (excluding diaryl/α,β-unsaturated/α-hetero) is 1. The van der Waals surface area contributed by atoms with Crippen LogP contribution in [0, 0.1) is 0 Å². The lowest BCUT2D eigenvalue weighted by molar-refractivity contribution is -0.147. The molecule has 0 atom stereocenters. The van der Waals surface area contributed by atoms with Crippen molar-refractivity contribution in [2.75, 3.05) is 20.8 Å². The molecule has 0 bridgehead atoms. The molecule has 0 saturated heterocycles. The average Bonchev–Trinajstić information content (AvgIpc) is 2.52. The molecule has 0 unspecified atom stereocenters. The Morgan fingerprint density at radius 1 is 1.17 bits per heavy atom. The molecule has 0 aromatic heterocycles. The number of esters is 1. The van der Waals surface area contributed by atoms with Gasteiger partial charge in [0.2, 0.25) is 0 Å². The van der Waals surface area contributed by atoms with E-state index in [-0.39, 0.29) is 12.2 Å². The summed E-state index contributed by atoms with van der Waals surface area (Å²) in [5, 5.41) is 4.16. The second-order valence-corrected chi connectivity index (χ2v) is 4.55. The van der Waals surface area contributed by atoms with E-state index in [0.29, 0.717) is 16.9 Å². The van der Waals surface area contributed by atoms with Gasteiger partial charge in [-0.05, 0) is 25.1 Å². The van der Waals surface area contributed by atoms with Crippen LogP contribution in [0.3, 0.4) is 0 Å². The molecule has 0 aliphatic carbocycles. The predicted molar refractivity (Wildman–Crippen MR) is 80.3 cm³/mol. The normalized spacial score (nSPS) is 9.70. The van der Waals surface area contributed by atoms with E-state index in [1.807, 2.05) is 5.32 Å². The van der Waals surface area contributed by atoms with Gasteiger partial charge in [-0.15, -0.1) is 0 Å². The Morgan fingerprint density at radius 3 is 2.43 bits per heavy atom. The molecule has 0 fully saturated rings. The lowest BCUT2D eigenvalue weighted by Crippen LogP contribution is -2.39. The lowest BCUT2D eigenvalue weighted by Gasteiger charge is -2.10. The van der Waals surface area contributed by atoms with Crippen LogP contribution in [0.15, 0.2) is 18.2 Å². The topological polar surface area (TPSA) is 111 Å². The molecule has 0 saturated carbocycles. The largest absolute Gasteiger partial charge is 0.496 e. The van der Waals surface area contributed by atoms with Crippen LogP contribution < -0.4 is 15.4 Å². The van der Waals surface area contributed by atoms with Gasteiger partial charge in [0.15, 0.2) is 12.4 Å². The van der Waals surface area contributed by atoms with Crippen LogP contribution in [-0.2, 0) is 20.7 Å². The first-order valence-corrected chi connectivity index (χ1v) is 6.72. The van der Waals surface area contributed by atoms with E-state index in [9.17, 15) is 19.2 Å². The Morgan fingerprint density at radius 2 is 1.87 bits per heavy atom. The van der Waals surface area contributed by atoms with Crippen LogP contribution in [0.5, 0.6) is 5.75 Å². The number of imide groups is 1.